The molecule has 0 aliphatic rings. The van der Waals surface area contributed by atoms with Crippen LogP contribution in [0.25, 0.3) is 0 Å². The van der Waals surface area contributed by atoms with E-state index in [1.54, 1.807) is 0 Å². The summed E-state index contributed by atoms with van der Waals surface area (Å²) in [6, 6.07) is 5.63. The Hall–Kier alpha value is -1.66. The zero-order valence-corrected chi connectivity index (χ0v) is 26.3. The normalized spacial score (nSPS) is 10.2. The Morgan fingerprint density at radius 2 is 0.865 bits per heavy atom. The van der Waals surface area contributed by atoms with Crippen LogP contribution in [0, 0.1) is 0 Å². The van der Waals surface area contributed by atoms with Gasteiger partial charge in [0.15, 0.2) is 0 Å². The van der Waals surface area contributed by atoms with Crippen molar-refractivity contribution in [2.24, 2.45) is 0 Å². The predicted molar refractivity (Wildman–Crippen MR) is 151 cm³/mol. The molecule has 0 aliphatic carbocycles. The van der Waals surface area contributed by atoms with E-state index in [1.807, 2.05) is 0 Å². The molecule has 198 valence electrons. The van der Waals surface area contributed by atoms with E-state index in [0.29, 0.717) is 22.2 Å². The van der Waals surface area contributed by atoms with Crippen LogP contribution in [0.5, 0.6) is 0 Å². The molecule has 2 aromatic carbocycles. The third kappa shape index (κ3) is 15.4. The van der Waals surface area contributed by atoms with Gasteiger partial charge >= 0.3 is 43.0 Å². The summed E-state index contributed by atoms with van der Waals surface area (Å²) < 4.78 is 0. The van der Waals surface area contributed by atoms with Crippen molar-refractivity contribution in [3.8, 4) is 0 Å². The van der Waals surface area contributed by atoms with E-state index in [1.165, 1.54) is 24.3 Å². The summed E-state index contributed by atoms with van der Waals surface area (Å²) in [5, 5.41) is 22.7. The molecule has 2 radical (unpaired) electrons. The third-order valence-electron chi connectivity index (χ3n) is 3.26. The molecule has 4 N–H and O–H groups in total. The number of hydrogen-bond donors (Lipinski definition) is 4. The molecule has 0 heterocycles. The SMILES string of the molecule is O=C(O)/C=C/C(=O)Nc1c(Cl)cc(Cl)cc1Cl.O=C(O)/C=C/C(=O)Nc1c(Cl)cc(Cl)cc1Cl.[CH3][Sn][CH3]. The molecule has 0 aliphatic heterocycles. The number of hydrogen-bond acceptors (Lipinski definition) is 4. The number of anilines is 2. The number of nitrogens with one attached hydrogen (secondary N) is 2. The van der Waals surface area contributed by atoms with Gasteiger partial charge < -0.3 is 20.8 Å². The number of carboxylic acids is 2. The van der Waals surface area contributed by atoms with Crippen molar-refractivity contribution in [3.63, 3.8) is 0 Å². The number of carbonyl (C=O) groups is 4. The predicted octanol–water partition coefficient (Wildman–Crippen LogP) is 7.24. The van der Waals surface area contributed by atoms with Crippen molar-refractivity contribution in [3.05, 3.63) is 78.7 Å². The van der Waals surface area contributed by atoms with Crippen LogP contribution in [0.3, 0.4) is 0 Å². The number of rotatable bonds is 6. The second kappa shape index (κ2) is 18.6. The minimum atomic E-state index is -1.23. The minimum absolute atomic E-state index is 0.166. The average molecular weight is 738 g/mol. The fraction of sp³-hybridized carbons (Fsp3) is 0.0909. The van der Waals surface area contributed by atoms with Crippen molar-refractivity contribution in [2.75, 3.05) is 10.6 Å². The molecule has 2 aromatic rings. The van der Waals surface area contributed by atoms with Gasteiger partial charge in [-0.1, -0.05) is 69.6 Å². The quantitative estimate of drug-likeness (QED) is 0.183. The van der Waals surface area contributed by atoms with Gasteiger partial charge in [-0.15, -0.1) is 0 Å². The first-order valence-electron chi connectivity index (χ1n) is 9.53. The van der Waals surface area contributed by atoms with Gasteiger partial charge in [-0.05, 0) is 24.3 Å². The molecule has 0 aromatic heterocycles. The molecular weight excluding hydrogens is 720 g/mol. The van der Waals surface area contributed by atoms with Crippen LogP contribution < -0.4 is 10.6 Å². The topological polar surface area (TPSA) is 133 Å². The fourth-order valence-electron chi connectivity index (χ4n) is 1.95. The molecular formula is C22H18Cl6N2O6Sn. The van der Waals surface area contributed by atoms with Crippen LogP contribution in [-0.2, 0) is 19.2 Å². The van der Waals surface area contributed by atoms with E-state index < -0.39 is 23.8 Å². The molecule has 0 fully saturated rings. The first-order chi connectivity index (χ1) is 17.2. The molecule has 0 unspecified atom stereocenters. The van der Waals surface area contributed by atoms with E-state index in [0.717, 1.165) is 12.2 Å². The van der Waals surface area contributed by atoms with Gasteiger partial charge in [0, 0.05) is 34.3 Å². The summed E-state index contributed by atoms with van der Waals surface area (Å²) in [7, 11) is 0. The second-order valence-electron chi connectivity index (χ2n) is 6.31. The second-order valence-corrected chi connectivity index (χ2v) is 11.7. The van der Waals surface area contributed by atoms with Crippen LogP contribution >= 0.6 is 69.6 Å². The van der Waals surface area contributed by atoms with Crippen molar-refractivity contribution >= 4 is 126 Å². The summed E-state index contributed by atoms with van der Waals surface area (Å²) in [5.74, 6) is -3.76. The summed E-state index contributed by atoms with van der Waals surface area (Å²) in [6.07, 6.45) is 3.10. The van der Waals surface area contributed by atoms with E-state index in [-0.39, 0.29) is 52.6 Å². The van der Waals surface area contributed by atoms with Crippen molar-refractivity contribution in [1.82, 2.24) is 0 Å². The van der Waals surface area contributed by atoms with Crippen molar-refractivity contribution in [1.29, 1.82) is 0 Å². The van der Waals surface area contributed by atoms with Crippen LogP contribution in [0.1, 0.15) is 0 Å². The Balaban J connectivity index is 0.000000633. The first kappa shape index (κ1) is 35.3. The van der Waals surface area contributed by atoms with Crippen molar-refractivity contribution < 1.29 is 29.4 Å². The van der Waals surface area contributed by atoms with Crippen LogP contribution in [-0.4, -0.2) is 55.1 Å². The third-order valence-corrected chi connectivity index (χ3v) is 4.89. The fourth-order valence-corrected chi connectivity index (χ4v) is 3.77. The summed E-state index contributed by atoms with van der Waals surface area (Å²) >= 11 is 34.9. The van der Waals surface area contributed by atoms with Gasteiger partial charge in [0.05, 0.1) is 31.5 Å². The first-order valence-corrected chi connectivity index (χ1v) is 17.5. The molecule has 2 amide bonds. The maximum atomic E-state index is 11.3. The summed E-state index contributed by atoms with van der Waals surface area (Å²) in [4.78, 5) is 47.6. The number of amides is 2. The van der Waals surface area contributed by atoms with Gasteiger partial charge in [-0.25, -0.2) is 9.59 Å². The molecule has 0 atom stereocenters. The van der Waals surface area contributed by atoms with Crippen LogP contribution in [0.4, 0.5) is 11.4 Å². The van der Waals surface area contributed by atoms with E-state index in [2.05, 4.69) is 20.5 Å². The zero-order chi connectivity index (χ0) is 28.7. The van der Waals surface area contributed by atoms with Gasteiger partial charge in [-0.3, -0.25) is 9.59 Å². The summed E-state index contributed by atoms with van der Waals surface area (Å²) in [5.41, 5.74) is 0.357. The molecule has 15 heteroatoms. The number of carbonyl (C=O) groups excluding carboxylic acids is 2. The Morgan fingerprint density at radius 3 is 1.08 bits per heavy atom. The number of aliphatic carboxylic acids is 2. The van der Waals surface area contributed by atoms with Crippen molar-refractivity contribution in [2.45, 2.75) is 9.88 Å². The molecule has 37 heavy (non-hydrogen) atoms. The molecule has 2 rings (SSSR count). The standard InChI is InChI=1S/2C10H6Cl3NO3.2CH3.Sn/c2*11-5-3-6(12)10(7(13)4-5)14-8(15)1-2-9(16)17;;;/h2*1-4H,(H,14,15)(H,16,17);2*1H3;/b2*2-1+;;;. The van der Waals surface area contributed by atoms with E-state index in [4.69, 9.17) is 79.8 Å². The Bertz CT molecular complexity index is 1070. The van der Waals surface area contributed by atoms with Crippen LogP contribution in [0.15, 0.2) is 48.6 Å². The van der Waals surface area contributed by atoms with Crippen LogP contribution in [0.2, 0.25) is 40.0 Å². The number of carboxylic acid groups (broad SMARTS) is 2. The average Bonchev–Trinajstić information content (AvgIpc) is 2.77. The molecule has 0 spiro atoms. The van der Waals surface area contributed by atoms with E-state index in [9.17, 15) is 19.2 Å². The van der Waals surface area contributed by atoms with Gasteiger partial charge in [0.2, 0.25) is 11.8 Å². The Morgan fingerprint density at radius 1 is 0.622 bits per heavy atom. The molecule has 8 nitrogen and oxygen atoms in total. The monoisotopic (exact) mass is 736 g/mol. The van der Waals surface area contributed by atoms with Gasteiger partial charge in [0.25, 0.3) is 0 Å². The maximum absolute atomic E-state index is 11.3. The number of benzene rings is 2. The van der Waals surface area contributed by atoms with Gasteiger partial charge in [0.1, 0.15) is 0 Å². The summed E-state index contributed by atoms with van der Waals surface area (Å²) in [6.45, 7) is 0. The van der Waals surface area contributed by atoms with E-state index >= 15 is 0 Å². The molecule has 0 saturated heterocycles. The zero-order valence-electron chi connectivity index (χ0n) is 18.9. The Kier molecular flexibility index (Phi) is 17.7. The number of halogens is 6. The molecule has 0 saturated carbocycles. The van der Waals surface area contributed by atoms with Gasteiger partial charge in [-0.2, -0.15) is 0 Å². The Labute approximate surface area is 252 Å². The molecule has 0 bridgehead atoms.